The Balaban J connectivity index is 1.66. The lowest BCUT2D eigenvalue weighted by molar-refractivity contribution is 0.107. The molecule has 0 spiro atoms. The van der Waals surface area contributed by atoms with Crippen molar-refractivity contribution >= 4 is 5.82 Å². The molecule has 1 N–H and O–H groups in total. The summed E-state index contributed by atoms with van der Waals surface area (Å²) in [5.74, 6) is 1.84. The summed E-state index contributed by atoms with van der Waals surface area (Å²) in [5, 5.41) is 6.97. The summed E-state index contributed by atoms with van der Waals surface area (Å²) >= 11 is 0. The van der Waals surface area contributed by atoms with E-state index in [1.54, 1.807) is 20.5 Å². The van der Waals surface area contributed by atoms with Gasteiger partial charge in [-0.25, -0.2) is 9.97 Å². The van der Waals surface area contributed by atoms with Gasteiger partial charge in [0.05, 0.1) is 18.8 Å². The fourth-order valence-corrected chi connectivity index (χ4v) is 3.18. The van der Waals surface area contributed by atoms with E-state index in [1.165, 1.54) is 5.56 Å². The maximum atomic E-state index is 5.56. The monoisotopic (exact) mass is 346 g/mol. The largest absolute Gasteiger partial charge is 0.383 e. The van der Waals surface area contributed by atoms with Gasteiger partial charge in [0.15, 0.2) is 0 Å². The van der Waals surface area contributed by atoms with Crippen LogP contribution in [-0.2, 0) is 16.0 Å². The van der Waals surface area contributed by atoms with Crippen molar-refractivity contribution in [3.05, 3.63) is 36.0 Å². The number of ether oxygens (including phenoxy) is 2. The Bertz CT molecular complexity index is 633. The molecular formula is C17H26N6O2. The maximum Gasteiger partial charge on any atom is 0.141 e. The van der Waals surface area contributed by atoms with Gasteiger partial charge in [-0.2, -0.15) is 5.10 Å². The lowest BCUT2D eigenvalue weighted by Gasteiger charge is -2.23. The highest BCUT2D eigenvalue weighted by Crippen LogP contribution is 2.32. The summed E-state index contributed by atoms with van der Waals surface area (Å²) in [6.45, 7) is 3.18. The molecule has 0 aliphatic carbocycles. The summed E-state index contributed by atoms with van der Waals surface area (Å²) < 4.78 is 10.7. The highest BCUT2D eigenvalue weighted by molar-refractivity contribution is 5.38. The Morgan fingerprint density at radius 2 is 2.20 bits per heavy atom. The third-order valence-electron chi connectivity index (χ3n) is 4.66. The Hall–Kier alpha value is -2.03. The second-order valence-corrected chi connectivity index (χ2v) is 6.35. The third-order valence-corrected chi connectivity index (χ3v) is 4.66. The molecule has 3 heterocycles. The van der Waals surface area contributed by atoms with Crippen LogP contribution in [0, 0.1) is 0 Å². The quantitative estimate of drug-likeness (QED) is 0.770. The normalized spacial score (nSPS) is 20.9. The van der Waals surface area contributed by atoms with Crippen molar-refractivity contribution in [1.82, 2.24) is 25.1 Å². The first-order valence-corrected chi connectivity index (χ1v) is 8.48. The van der Waals surface area contributed by atoms with Gasteiger partial charge in [0, 0.05) is 47.1 Å². The average Bonchev–Trinajstić information content (AvgIpc) is 3.29. The number of H-pyrrole nitrogens is 1. The van der Waals surface area contributed by atoms with Crippen molar-refractivity contribution in [3.8, 4) is 0 Å². The number of hydrogen-bond acceptors (Lipinski definition) is 7. The van der Waals surface area contributed by atoms with Crippen LogP contribution in [0.3, 0.4) is 0 Å². The van der Waals surface area contributed by atoms with Gasteiger partial charge >= 0.3 is 0 Å². The minimum atomic E-state index is 0.191. The smallest absolute Gasteiger partial charge is 0.141 e. The van der Waals surface area contributed by atoms with E-state index in [1.807, 2.05) is 13.2 Å². The van der Waals surface area contributed by atoms with Gasteiger partial charge in [-0.05, 0) is 18.1 Å². The second kappa shape index (κ2) is 8.37. The van der Waals surface area contributed by atoms with Crippen molar-refractivity contribution in [2.45, 2.75) is 25.1 Å². The molecule has 0 unspecified atom stereocenters. The molecule has 25 heavy (non-hydrogen) atoms. The zero-order valence-corrected chi connectivity index (χ0v) is 15.1. The fourth-order valence-electron chi connectivity index (χ4n) is 3.18. The van der Waals surface area contributed by atoms with Crippen LogP contribution in [0.4, 0.5) is 5.82 Å². The van der Waals surface area contributed by atoms with Gasteiger partial charge in [-0.3, -0.25) is 10.00 Å². The van der Waals surface area contributed by atoms with Crippen LogP contribution in [0.15, 0.2) is 24.7 Å². The van der Waals surface area contributed by atoms with Crippen molar-refractivity contribution in [1.29, 1.82) is 0 Å². The highest BCUT2D eigenvalue weighted by atomic mass is 16.5. The highest BCUT2D eigenvalue weighted by Gasteiger charge is 2.34. The van der Waals surface area contributed by atoms with Gasteiger partial charge in [0.2, 0.25) is 0 Å². The van der Waals surface area contributed by atoms with E-state index in [9.17, 15) is 0 Å². The predicted octanol–water partition coefficient (Wildman–Crippen LogP) is 1.24. The first-order chi connectivity index (χ1) is 12.2. The molecule has 1 aliphatic heterocycles. The second-order valence-electron chi connectivity index (χ2n) is 6.35. The first kappa shape index (κ1) is 17.8. The summed E-state index contributed by atoms with van der Waals surface area (Å²) in [4.78, 5) is 13.3. The van der Waals surface area contributed by atoms with Gasteiger partial charge in [-0.15, -0.1) is 0 Å². The molecule has 2 atom stereocenters. The van der Waals surface area contributed by atoms with Crippen molar-refractivity contribution in [2.75, 3.05) is 45.9 Å². The van der Waals surface area contributed by atoms with Gasteiger partial charge in [0.1, 0.15) is 18.0 Å². The maximum absolute atomic E-state index is 5.56. The van der Waals surface area contributed by atoms with Crippen LogP contribution in [0.2, 0.25) is 0 Å². The number of anilines is 1. The van der Waals surface area contributed by atoms with Crippen LogP contribution in [0.1, 0.15) is 23.9 Å². The summed E-state index contributed by atoms with van der Waals surface area (Å²) in [5.41, 5.74) is 1.17. The van der Waals surface area contributed by atoms with E-state index in [2.05, 4.69) is 42.1 Å². The Kier molecular flexibility index (Phi) is 5.95. The molecule has 0 saturated carbocycles. The van der Waals surface area contributed by atoms with Crippen LogP contribution in [0.25, 0.3) is 0 Å². The van der Waals surface area contributed by atoms with E-state index >= 15 is 0 Å². The Labute approximate surface area is 148 Å². The topological polar surface area (TPSA) is 79.4 Å². The molecule has 8 heteroatoms. The molecule has 0 bridgehead atoms. The number of likely N-dealkylation sites (N-methyl/N-ethyl adjacent to an activating group) is 1. The Morgan fingerprint density at radius 3 is 2.84 bits per heavy atom. The standard InChI is InChI=1S/C17H26N6O2/c1-22(6-7-24-2)16-5-4-13(9-18-16)10-23-11-14(25-3)8-15(23)17-19-12-20-21-17/h4-5,9,12,14-15H,6-8,10-11H2,1-3H3,(H,19,20,21)/t14-,15+/m1/s1. The molecule has 8 nitrogen and oxygen atoms in total. The average molecular weight is 346 g/mol. The lowest BCUT2D eigenvalue weighted by Crippen LogP contribution is -2.26. The number of methoxy groups -OCH3 is 2. The lowest BCUT2D eigenvalue weighted by atomic mass is 10.2. The van der Waals surface area contributed by atoms with Crippen molar-refractivity contribution in [2.24, 2.45) is 0 Å². The van der Waals surface area contributed by atoms with E-state index in [0.717, 1.165) is 37.7 Å². The molecule has 0 aromatic carbocycles. The van der Waals surface area contributed by atoms with E-state index in [4.69, 9.17) is 9.47 Å². The zero-order valence-electron chi connectivity index (χ0n) is 15.1. The number of rotatable bonds is 8. The summed E-state index contributed by atoms with van der Waals surface area (Å²) in [6, 6.07) is 4.37. The number of pyridine rings is 1. The van der Waals surface area contributed by atoms with Gasteiger partial charge < -0.3 is 14.4 Å². The minimum Gasteiger partial charge on any atom is -0.383 e. The molecule has 0 radical (unpaired) electrons. The minimum absolute atomic E-state index is 0.191. The van der Waals surface area contributed by atoms with E-state index in [-0.39, 0.29) is 12.1 Å². The van der Waals surface area contributed by atoms with Crippen LogP contribution in [-0.4, -0.2) is 72.1 Å². The molecule has 0 amide bonds. The first-order valence-electron chi connectivity index (χ1n) is 8.48. The van der Waals surface area contributed by atoms with Crippen molar-refractivity contribution in [3.63, 3.8) is 0 Å². The fraction of sp³-hybridized carbons (Fsp3) is 0.588. The van der Waals surface area contributed by atoms with Crippen LogP contribution < -0.4 is 4.90 Å². The zero-order chi connectivity index (χ0) is 17.6. The van der Waals surface area contributed by atoms with Crippen LogP contribution in [0.5, 0.6) is 0 Å². The molecule has 136 valence electrons. The number of aromatic amines is 1. The molecule has 2 aromatic heterocycles. The SMILES string of the molecule is COCCN(C)c1ccc(CN2C[C@H](OC)C[C@H]2c2ncn[nH]2)cn1. The Morgan fingerprint density at radius 1 is 1.32 bits per heavy atom. The number of hydrogen-bond donors (Lipinski definition) is 1. The number of aromatic nitrogens is 4. The molecule has 1 saturated heterocycles. The van der Waals surface area contributed by atoms with Crippen molar-refractivity contribution < 1.29 is 9.47 Å². The van der Waals surface area contributed by atoms with E-state index in [0.29, 0.717) is 6.61 Å². The molecular weight excluding hydrogens is 320 g/mol. The number of nitrogens with one attached hydrogen (secondary N) is 1. The predicted molar refractivity (Wildman–Crippen MR) is 94.3 cm³/mol. The van der Waals surface area contributed by atoms with Gasteiger partial charge in [-0.1, -0.05) is 6.07 Å². The summed E-state index contributed by atoms with van der Waals surface area (Å²) in [7, 11) is 5.49. The van der Waals surface area contributed by atoms with E-state index < -0.39 is 0 Å². The molecule has 1 aliphatic rings. The molecule has 2 aromatic rings. The summed E-state index contributed by atoms with van der Waals surface area (Å²) in [6.07, 6.45) is 4.62. The molecule has 1 fully saturated rings. The molecule has 3 rings (SSSR count). The van der Waals surface area contributed by atoms with Crippen LogP contribution >= 0.6 is 0 Å². The third kappa shape index (κ3) is 4.33. The number of nitrogens with zero attached hydrogens (tertiary/aromatic N) is 5. The van der Waals surface area contributed by atoms with Gasteiger partial charge in [0.25, 0.3) is 0 Å². The number of likely N-dealkylation sites (tertiary alicyclic amines) is 1.